The number of aromatic nitrogens is 2. The van der Waals surface area contributed by atoms with Gasteiger partial charge in [0.2, 0.25) is 0 Å². The van der Waals surface area contributed by atoms with E-state index in [9.17, 15) is 19.8 Å². The molecule has 1 saturated heterocycles. The topological polar surface area (TPSA) is 126 Å². The van der Waals surface area contributed by atoms with Gasteiger partial charge in [-0.25, -0.2) is 4.79 Å². The molecule has 2 rings (SSSR count). The summed E-state index contributed by atoms with van der Waals surface area (Å²) in [7, 11) is 0. The molecular weight excluding hydrogens is 282 g/mol. The minimum Gasteiger partial charge on any atom is -0.394 e. The summed E-state index contributed by atoms with van der Waals surface area (Å²) in [6.45, 7) is 3.15. The van der Waals surface area contributed by atoms with E-state index in [1.54, 1.807) is 0 Å². The Morgan fingerprint density at radius 3 is 2.67 bits per heavy atom. The van der Waals surface area contributed by atoms with Gasteiger partial charge < -0.3 is 25.5 Å². The Morgan fingerprint density at radius 2 is 2.10 bits per heavy atom. The van der Waals surface area contributed by atoms with E-state index in [1.807, 2.05) is 0 Å². The molecule has 0 radical (unpaired) electrons. The van der Waals surface area contributed by atoms with Crippen LogP contribution in [0.15, 0.2) is 34.5 Å². The zero-order valence-electron chi connectivity index (χ0n) is 11.1. The molecule has 1 aromatic heterocycles. The summed E-state index contributed by atoms with van der Waals surface area (Å²) in [6.07, 6.45) is -2.29. The maximum absolute atomic E-state index is 12.2. The van der Waals surface area contributed by atoms with E-state index in [1.165, 1.54) is 6.08 Å². The third-order valence-electron chi connectivity index (χ3n) is 3.20. The van der Waals surface area contributed by atoms with Crippen molar-refractivity contribution in [3.63, 3.8) is 0 Å². The number of hydrogen-bond donors (Lipinski definition) is 4. The summed E-state index contributed by atoms with van der Waals surface area (Å²) in [5.41, 5.74) is 1.21. The lowest BCUT2D eigenvalue weighted by molar-refractivity contribution is -0.0554. The average molecular weight is 299 g/mol. The first-order chi connectivity index (χ1) is 10.0. The molecule has 1 aromatic rings. The van der Waals surface area contributed by atoms with E-state index < -0.39 is 42.4 Å². The van der Waals surface area contributed by atoms with Crippen molar-refractivity contribution < 1.29 is 20.1 Å². The van der Waals surface area contributed by atoms with Gasteiger partial charge >= 0.3 is 5.69 Å². The molecule has 4 N–H and O–H groups in total. The van der Waals surface area contributed by atoms with Crippen LogP contribution in [0.5, 0.6) is 0 Å². The minimum atomic E-state index is -1.40. The van der Waals surface area contributed by atoms with E-state index in [0.29, 0.717) is 0 Å². The summed E-state index contributed by atoms with van der Waals surface area (Å²) >= 11 is 0. The molecule has 1 aliphatic rings. The molecule has 0 amide bonds. The van der Waals surface area contributed by atoms with Crippen LogP contribution in [0.3, 0.4) is 0 Å². The van der Waals surface area contributed by atoms with Crippen LogP contribution in [0.1, 0.15) is 6.23 Å². The van der Waals surface area contributed by atoms with Crippen molar-refractivity contribution in [2.75, 3.05) is 18.6 Å². The van der Waals surface area contributed by atoms with Crippen LogP contribution in [0.2, 0.25) is 0 Å². The molecule has 9 nitrogen and oxygen atoms in total. The van der Waals surface area contributed by atoms with Gasteiger partial charge in [0.15, 0.2) is 6.23 Å². The third kappa shape index (κ3) is 2.76. The first kappa shape index (κ1) is 15.4. The van der Waals surface area contributed by atoms with Gasteiger partial charge in [0.25, 0.3) is 5.56 Å². The van der Waals surface area contributed by atoms with Crippen molar-refractivity contribution in [1.82, 2.24) is 9.24 Å². The highest BCUT2D eigenvalue weighted by molar-refractivity contribution is 4.96. The molecule has 9 heteroatoms. The number of ether oxygens (including phenoxy) is 1. The van der Waals surface area contributed by atoms with Gasteiger partial charge in [-0.05, 0) is 0 Å². The molecule has 0 aromatic carbocycles. The third-order valence-corrected chi connectivity index (χ3v) is 3.20. The first-order valence-corrected chi connectivity index (χ1v) is 6.32. The summed E-state index contributed by atoms with van der Waals surface area (Å²) in [4.78, 5) is 23.9. The van der Waals surface area contributed by atoms with Crippen molar-refractivity contribution >= 4 is 0 Å². The Hall–Kier alpha value is -1.94. The lowest BCUT2D eigenvalue weighted by Crippen LogP contribution is -2.46. The lowest BCUT2D eigenvalue weighted by Gasteiger charge is -2.18. The monoisotopic (exact) mass is 299 g/mol. The largest absolute Gasteiger partial charge is 0.394 e. The second kappa shape index (κ2) is 6.22. The molecule has 0 spiro atoms. The van der Waals surface area contributed by atoms with Crippen molar-refractivity contribution in [1.29, 1.82) is 0 Å². The maximum Gasteiger partial charge on any atom is 0.352 e. The van der Waals surface area contributed by atoms with Crippen LogP contribution in [0.4, 0.5) is 0 Å². The summed E-state index contributed by atoms with van der Waals surface area (Å²) in [5.74, 6) is 0. The molecular formula is C12H17N3O6. The van der Waals surface area contributed by atoms with E-state index in [0.717, 1.165) is 21.5 Å². The Bertz CT molecular complexity index is 624. The molecule has 4 atom stereocenters. The molecule has 1 aliphatic heterocycles. The highest BCUT2D eigenvalue weighted by atomic mass is 16.6. The highest BCUT2D eigenvalue weighted by Crippen LogP contribution is 2.27. The smallest absolute Gasteiger partial charge is 0.352 e. The predicted octanol–water partition coefficient (Wildman–Crippen LogP) is -2.65. The van der Waals surface area contributed by atoms with Crippen molar-refractivity contribution in [3.05, 3.63) is 45.8 Å². The van der Waals surface area contributed by atoms with Crippen LogP contribution in [0, 0.1) is 0 Å². The van der Waals surface area contributed by atoms with Gasteiger partial charge in [0.1, 0.15) is 18.3 Å². The van der Waals surface area contributed by atoms with Gasteiger partial charge in [-0.1, -0.05) is 6.08 Å². The first-order valence-electron chi connectivity index (χ1n) is 6.32. The molecule has 0 bridgehead atoms. The lowest BCUT2D eigenvalue weighted by atomic mass is 10.1. The molecule has 0 aliphatic carbocycles. The summed E-state index contributed by atoms with van der Waals surface area (Å²) < 4.78 is 6.97. The van der Waals surface area contributed by atoms with Gasteiger partial charge in [-0.15, -0.1) is 6.58 Å². The van der Waals surface area contributed by atoms with Gasteiger partial charge in [0.05, 0.1) is 6.61 Å². The van der Waals surface area contributed by atoms with Gasteiger partial charge in [-0.3, -0.25) is 9.36 Å². The Morgan fingerprint density at radius 1 is 1.38 bits per heavy atom. The number of aliphatic hydroxyl groups excluding tert-OH is 3. The molecule has 2 heterocycles. The van der Waals surface area contributed by atoms with Crippen LogP contribution in [-0.2, 0) is 4.74 Å². The minimum absolute atomic E-state index is 0.190. The van der Waals surface area contributed by atoms with Crippen LogP contribution < -0.4 is 16.7 Å². The fraction of sp³-hybridized carbons (Fsp3) is 0.500. The molecule has 116 valence electrons. The Kier molecular flexibility index (Phi) is 4.58. The SMILES string of the molecule is C=CCNn1c(=O)ccn([C@@H]2O[C@H](CO)[C@@H](O)[C@H]2O)c1=O. The number of nitrogens with zero attached hydrogens (tertiary/aromatic N) is 2. The Balaban J connectivity index is 2.39. The molecule has 1 fully saturated rings. The summed E-state index contributed by atoms with van der Waals surface area (Å²) in [6, 6.07) is 1.12. The predicted molar refractivity (Wildman–Crippen MR) is 72.4 cm³/mol. The van der Waals surface area contributed by atoms with Crippen molar-refractivity contribution in [3.8, 4) is 0 Å². The zero-order chi connectivity index (χ0) is 15.6. The normalized spacial score (nSPS) is 28.5. The zero-order valence-corrected chi connectivity index (χ0v) is 11.1. The van der Waals surface area contributed by atoms with Crippen molar-refractivity contribution in [2.24, 2.45) is 0 Å². The highest BCUT2D eigenvalue weighted by Gasteiger charge is 2.43. The molecule has 0 unspecified atom stereocenters. The average Bonchev–Trinajstić information content (AvgIpc) is 2.75. The number of nitrogens with one attached hydrogen (secondary N) is 1. The quantitative estimate of drug-likeness (QED) is 0.437. The number of aliphatic hydroxyl groups is 3. The standard InChI is InChI=1S/C12H17N3O6/c1-2-4-13-15-8(17)3-5-14(12(15)20)11-10(19)9(18)7(6-16)21-11/h2-3,5,7,9-11,13,16,18-19H,1,4,6H2/t7-,9-,10-,11-/m1/s1. The van der Waals surface area contributed by atoms with Crippen LogP contribution in [0.25, 0.3) is 0 Å². The number of hydrogen-bond acceptors (Lipinski definition) is 7. The second-order valence-electron chi connectivity index (χ2n) is 4.56. The van der Waals surface area contributed by atoms with Gasteiger partial charge in [0, 0.05) is 18.8 Å². The van der Waals surface area contributed by atoms with E-state index >= 15 is 0 Å². The number of rotatable bonds is 5. The van der Waals surface area contributed by atoms with E-state index in [-0.39, 0.29) is 6.54 Å². The van der Waals surface area contributed by atoms with E-state index in [4.69, 9.17) is 9.84 Å². The van der Waals surface area contributed by atoms with Crippen LogP contribution in [-0.4, -0.2) is 56.0 Å². The maximum atomic E-state index is 12.2. The molecule has 0 saturated carbocycles. The summed E-state index contributed by atoms with van der Waals surface area (Å²) in [5, 5.41) is 28.6. The van der Waals surface area contributed by atoms with Gasteiger partial charge in [-0.2, -0.15) is 4.68 Å². The second-order valence-corrected chi connectivity index (χ2v) is 4.56. The fourth-order valence-electron chi connectivity index (χ4n) is 2.10. The molecule has 21 heavy (non-hydrogen) atoms. The van der Waals surface area contributed by atoms with Crippen molar-refractivity contribution in [2.45, 2.75) is 24.5 Å². The Labute approximate surface area is 119 Å². The van der Waals surface area contributed by atoms with E-state index in [2.05, 4.69) is 12.0 Å². The fourth-order valence-corrected chi connectivity index (χ4v) is 2.10. The van der Waals surface area contributed by atoms with Crippen LogP contribution >= 0.6 is 0 Å².